The Labute approximate surface area is 166 Å². The second-order valence-electron chi connectivity index (χ2n) is 6.48. The van der Waals surface area contributed by atoms with Crippen molar-refractivity contribution in [3.8, 4) is 0 Å². The van der Waals surface area contributed by atoms with Gasteiger partial charge in [0.15, 0.2) is 14.6 Å². The van der Waals surface area contributed by atoms with Crippen molar-refractivity contribution >= 4 is 48.1 Å². The molecule has 0 bridgehead atoms. The number of hydrogen-bond donors (Lipinski definition) is 0. The van der Waals surface area contributed by atoms with Gasteiger partial charge >= 0.3 is 0 Å². The van der Waals surface area contributed by atoms with Crippen molar-refractivity contribution in [3.63, 3.8) is 0 Å². The molecule has 0 spiro atoms. The minimum atomic E-state index is -3.30. The first-order valence-corrected chi connectivity index (χ1v) is 11.5. The van der Waals surface area contributed by atoms with E-state index < -0.39 is 15.7 Å². The van der Waals surface area contributed by atoms with E-state index in [0.29, 0.717) is 16.9 Å². The second-order valence-corrected chi connectivity index (χ2v) is 9.47. The molecular formula is C21H18N2O3S2. The maximum atomic E-state index is 12.7. The summed E-state index contributed by atoms with van der Waals surface area (Å²) >= 11 is 1.49. The number of thiazole rings is 1. The van der Waals surface area contributed by atoms with Crippen LogP contribution in [0.5, 0.6) is 0 Å². The molecule has 1 aromatic heterocycles. The second kappa shape index (κ2) is 7.00. The number of aromatic nitrogens is 1. The van der Waals surface area contributed by atoms with Crippen molar-refractivity contribution < 1.29 is 13.2 Å². The molecule has 0 aliphatic heterocycles. The quantitative estimate of drug-likeness (QED) is 0.512. The number of benzene rings is 3. The maximum absolute atomic E-state index is 12.7. The van der Waals surface area contributed by atoms with Crippen LogP contribution < -0.4 is 4.80 Å². The molecule has 4 aromatic rings. The van der Waals surface area contributed by atoms with Crippen molar-refractivity contribution in [2.75, 3.05) is 6.26 Å². The van der Waals surface area contributed by atoms with Gasteiger partial charge in [0.2, 0.25) is 0 Å². The van der Waals surface area contributed by atoms with Crippen molar-refractivity contribution in [2.24, 2.45) is 4.99 Å². The van der Waals surface area contributed by atoms with Crippen LogP contribution >= 0.6 is 11.3 Å². The van der Waals surface area contributed by atoms with Crippen molar-refractivity contribution in [3.05, 3.63) is 71.0 Å². The summed E-state index contributed by atoms with van der Waals surface area (Å²) in [5.41, 5.74) is 1.41. The van der Waals surface area contributed by atoms with Crippen LogP contribution in [0.1, 0.15) is 17.3 Å². The molecule has 0 N–H and O–H groups in total. The summed E-state index contributed by atoms with van der Waals surface area (Å²) in [7, 11) is -3.30. The number of carbonyl (C=O) groups excluding carboxylic acids is 1. The molecule has 142 valence electrons. The molecule has 3 aromatic carbocycles. The van der Waals surface area contributed by atoms with E-state index in [1.807, 2.05) is 23.6 Å². The van der Waals surface area contributed by atoms with Crippen molar-refractivity contribution in [1.29, 1.82) is 0 Å². The number of amides is 1. The molecule has 0 aliphatic carbocycles. The summed E-state index contributed by atoms with van der Waals surface area (Å²) in [4.78, 5) is 17.8. The summed E-state index contributed by atoms with van der Waals surface area (Å²) in [5, 5.41) is 2.28. The Morgan fingerprint density at radius 1 is 1.04 bits per heavy atom. The number of carbonyl (C=O) groups is 1. The normalized spacial score (nSPS) is 12.7. The van der Waals surface area contributed by atoms with Gasteiger partial charge in [-0.1, -0.05) is 41.7 Å². The largest absolute Gasteiger partial charge is 0.317 e. The molecule has 0 saturated heterocycles. The van der Waals surface area contributed by atoms with Crippen molar-refractivity contribution in [2.45, 2.75) is 18.4 Å². The van der Waals surface area contributed by atoms with Crippen LogP contribution in [0.2, 0.25) is 0 Å². The third-order valence-corrected chi connectivity index (χ3v) is 6.87. The molecule has 1 heterocycles. The summed E-state index contributed by atoms with van der Waals surface area (Å²) in [6.07, 6.45) is 1.14. The van der Waals surface area contributed by atoms with Gasteiger partial charge in [-0.25, -0.2) is 8.42 Å². The number of sulfone groups is 1. The number of aryl methyl sites for hydroxylation is 1. The fraction of sp³-hybridized carbons (Fsp3) is 0.143. The van der Waals surface area contributed by atoms with Crippen LogP contribution in [0.4, 0.5) is 0 Å². The Morgan fingerprint density at radius 2 is 1.75 bits per heavy atom. The molecule has 0 atom stereocenters. The van der Waals surface area contributed by atoms with Crippen LogP contribution in [0.25, 0.3) is 21.0 Å². The summed E-state index contributed by atoms with van der Waals surface area (Å²) < 4.78 is 26.3. The van der Waals surface area contributed by atoms with Crippen LogP contribution in [0.15, 0.2) is 70.6 Å². The van der Waals surface area contributed by atoms with Gasteiger partial charge in [-0.15, -0.1) is 0 Å². The van der Waals surface area contributed by atoms with Gasteiger partial charge in [0.05, 0.1) is 15.1 Å². The van der Waals surface area contributed by atoms with Gasteiger partial charge < -0.3 is 4.57 Å². The molecule has 0 aliphatic rings. The zero-order chi connectivity index (χ0) is 19.9. The van der Waals surface area contributed by atoms with E-state index in [0.717, 1.165) is 27.2 Å². The first-order valence-electron chi connectivity index (χ1n) is 8.79. The molecule has 7 heteroatoms. The van der Waals surface area contributed by atoms with Gasteiger partial charge in [-0.2, -0.15) is 4.99 Å². The molecule has 4 rings (SSSR count). The fourth-order valence-corrected chi connectivity index (χ4v) is 5.04. The van der Waals surface area contributed by atoms with E-state index in [9.17, 15) is 13.2 Å². The van der Waals surface area contributed by atoms with Gasteiger partial charge in [0.25, 0.3) is 5.91 Å². The first kappa shape index (κ1) is 18.6. The van der Waals surface area contributed by atoms with E-state index in [1.54, 1.807) is 0 Å². The summed E-state index contributed by atoms with van der Waals surface area (Å²) in [6.45, 7) is 2.71. The lowest BCUT2D eigenvalue weighted by molar-refractivity contribution is 0.0997. The Balaban J connectivity index is 1.84. The first-order chi connectivity index (χ1) is 13.4. The predicted molar refractivity (Wildman–Crippen MR) is 112 cm³/mol. The summed E-state index contributed by atoms with van der Waals surface area (Å²) in [6, 6.07) is 18.2. The molecular weight excluding hydrogens is 392 g/mol. The topological polar surface area (TPSA) is 68.5 Å². The van der Waals surface area contributed by atoms with E-state index in [2.05, 4.69) is 29.3 Å². The summed E-state index contributed by atoms with van der Waals surface area (Å²) in [5.74, 6) is -0.391. The van der Waals surface area contributed by atoms with Crippen LogP contribution in [-0.4, -0.2) is 25.1 Å². The van der Waals surface area contributed by atoms with Gasteiger partial charge in [-0.3, -0.25) is 4.79 Å². The molecule has 0 fully saturated rings. The molecule has 28 heavy (non-hydrogen) atoms. The van der Waals surface area contributed by atoms with Gasteiger partial charge in [-0.05, 0) is 42.6 Å². The minimum absolute atomic E-state index is 0.181. The average molecular weight is 411 g/mol. The molecule has 1 amide bonds. The van der Waals surface area contributed by atoms with E-state index in [1.165, 1.54) is 35.6 Å². The number of fused-ring (bicyclic) bond motifs is 3. The lowest BCUT2D eigenvalue weighted by Gasteiger charge is -2.02. The zero-order valence-electron chi connectivity index (χ0n) is 15.4. The van der Waals surface area contributed by atoms with Crippen molar-refractivity contribution in [1.82, 2.24) is 4.57 Å². The number of rotatable bonds is 3. The van der Waals surface area contributed by atoms with E-state index in [-0.39, 0.29) is 4.90 Å². The molecule has 5 nitrogen and oxygen atoms in total. The third-order valence-electron chi connectivity index (χ3n) is 4.62. The highest BCUT2D eigenvalue weighted by Gasteiger charge is 2.12. The number of hydrogen-bond acceptors (Lipinski definition) is 4. The zero-order valence-corrected chi connectivity index (χ0v) is 17.0. The predicted octanol–water partition coefficient (Wildman–Crippen LogP) is 4.02. The molecule has 0 saturated carbocycles. The number of nitrogens with zero attached hydrogens (tertiary/aromatic N) is 2. The van der Waals surface area contributed by atoms with Gasteiger partial charge in [0, 0.05) is 23.8 Å². The fourth-order valence-electron chi connectivity index (χ4n) is 3.19. The highest BCUT2D eigenvalue weighted by Crippen LogP contribution is 2.27. The van der Waals surface area contributed by atoms with Crippen LogP contribution in [0.3, 0.4) is 0 Å². The Kier molecular flexibility index (Phi) is 4.64. The standard InChI is InChI=1S/C21H18N2O3S2/c1-3-23-18-13-10-14-6-4-5-7-17(14)19(18)27-21(23)22-20(24)15-8-11-16(12-9-15)28(2,25)26/h4-13H,3H2,1-2H3. The Hall–Kier alpha value is -2.77. The Morgan fingerprint density at radius 3 is 2.43 bits per heavy atom. The molecule has 0 unspecified atom stereocenters. The lowest BCUT2D eigenvalue weighted by atomic mass is 10.1. The van der Waals surface area contributed by atoms with Crippen LogP contribution in [0, 0.1) is 0 Å². The highest BCUT2D eigenvalue weighted by molar-refractivity contribution is 7.90. The third kappa shape index (κ3) is 3.27. The smallest absolute Gasteiger partial charge is 0.279 e. The maximum Gasteiger partial charge on any atom is 0.279 e. The molecule has 0 radical (unpaired) electrons. The Bertz CT molecular complexity index is 1380. The monoisotopic (exact) mass is 410 g/mol. The van der Waals surface area contributed by atoms with E-state index >= 15 is 0 Å². The minimum Gasteiger partial charge on any atom is -0.317 e. The van der Waals surface area contributed by atoms with E-state index in [4.69, 9.17) is 0 Å². The average Bonchev–Trinajstić information content (AvgIpc) is 3.04. The highest BCUT2D eigenvalue weighted by atomic mass is 32.2. The lowest BCUT2D eigenvalue weighted by Crippen LogP contribution is -2.15. The SMILES string of the molecule is CCn1c(=NC(=O)c2ccc(S(C)(=O)=O)cc2)sc2c3ccccc3ccc21. The van der Waals surface area contributed by atoms with Gasteiger partial charge in [0.1, 0.15) is 0 Å². The van der Waals surface area contributed by atoms with Crippen LogP contribution in [-0.2, 0) is 16.4 Å².